The summed E-state index contributed by atoms with van der Waals surface area (Å²) in [7, 11) is 0. The van der Waals surface area contributed by atoms with Crippen LogP contribution in [0.3, 0.4) is 0 Å². The Hall–Kier alpha value is -2.99. The third-order valence-corrected chi connectivity index (χ3v) is 6.16. The third kappa shape index (κ3) is 3.52. The molecule has 0 spiro atoms. The fourth-order valence-corrected chi connectivity index (χ4v) is 4.69. The Labute approximate surface area is 178 Å². The molecule has 7 heteroatoms. The van der Waals surface area contributed by atoms with Crippen molar-refractivity contribution in [2.45, 2.75) is 25.5 Å². The van der Waals surface area contributed by atoms with Crippen molar-refractivity contribution in [2.75, 3.05) is 13.1 Å². The van der Waals surface area contributed by atoms with Crippen LogP contribution in [0.4, 0.5) is 0 Å². The van der Waals surface area contributed by atoms with Crippen LogP contribution < -0.4 is 10.3 Å². The molecule has 6 nitrogen and oxygen atoms in total. The summed E-state index contributed by atoms with van der Waals surface area (Å²) >= 11 is 6.10. The van der Waals surface area contributed by atoms with E-state index in [-0.39, 0.29) is 29.9 Å². The van der Waals surface area contributed by atoms with Crippen molar-refractivity contribution in [3.8, 4) is 5.75 Å². The molecule has 2 atom stereocenters. The highest BCUT2D eigenvalue weighted by molar-refractivity contribution is 6.32. The van der Waals surface area contributed by atoms with E-state index in [4.69, 9.17) is 20.8 Å². The number of para-hydroxylation sites is 1. The van der Waals surface area contributed by atoms with Gasteiger partial charge in [-0.2, -0.15) is 0 Å². The van der Waals surface area contributed by atoms with Crippen LogP contribution in [0.15, 0.2) is 63.8 Å². The smallest absolute Gasteiger partial charge is 0.289 e. The van der Waals surface area contributed by atoms with Crippen molar-refractivity contribution in [2.24, 2.45) is 5.92 Å². The summed E-state index contributed by atoms with van der Waals surface area (Å²) in [6.07, 6.45) is 1.00. The number of fused-ring (bicyclic) bond motifs is 4. The molecule has 5 rings (SSSR count). The van der Waals surface area contributed by atoms with Gasteiger partial charge in [0.05, 0.1) is 5.02 Å². The summed E-state index contributed by atoms with van der Waals surface area (Å²) < 4.78 is 13.3. The topological polar surface area (TPSA) is 64.7 Å². The van der Waals surface area contributed by atoms with Gasteiger partial charge in [-0.05, 0) is 42.7 Å². The highest BCUT2D eigenvalue weighted by Crippen LogP contribution is 2.35. The number of benzene rings is 1. The maximum atomic E-state index is 13.1. The van der Waals surface area contributed by atoms with Gasteiger partial charge < -0.3 is 18.6 Å². The van der Waals surface area contributed by atoms with Crippen molar-refractivity contribution in [1.82, 2.24) is 9.47 Å². The van der Waals surface area contributed by atoms with Gasteiger partial charge >= 0.3 is 0 Å². The first-order chi connectivity index (χ1) is 14.6. The number of pyridine rings is 1. The molecule has 0 aliphatic carbocycles. The lowest BCUT2D eigenvalue weighted by Crippen LogP contribution is -2.49. The molecule has 0 saturated carbocycles. The predicted octanol–water partition coefficient (Wildman–Crippen LogP) is 3.93. The van der Waals surface area contributed by atoms with Crippen LogP contribution in [-0.2, 0) is 13.2 Å². The van der Waals surface area contributed by atoms with Gasteiger partial charge in [0.15, 0.2) is 5.76 Å². The zero-order chi connectivity index (χ0) is 20.7. The second kappa shape index (κ2) is 7.69. The summed E-state index contributed by atoms with van der Waals surface area (Å²) in [6.45, 7) is 2.07. The summed E-state index contributed by atoms with van der Waals surface area (Å²) in [6, 6.07) is 16.1. The Morgan fingerprint density at radius 1 is 1.07 bits per heavy atom. The molecule has 0 radical (unpaired) electrons. The van der Waals surface area contributed by atoms with E-state index in [1.807, 2.05) is 27.7 Å². The minimum atomic E-state index is -0.125. The van der Waals surface area contributed by atoms with Crippen molar-refractivity contribution in [3.63, 3.8) is 0 Å². The highest BCUT2D eigenvalue weighted by Gasteiger charge is 2.37. The molecule has 1 aromatic carbocycles. The van der Waals surface area contributed by atoms with Crippen LogP contribution in [0.5, 0.6) is 5.75 Å². The fourth-order valence-electron chi connectivity index (χ4n) is 4.50. The summed E-state index contributed by atoms with van der Waals surface area (Å²) in [4.78, 5) is 27.1. The van der Waals surface area contributed by atoms with Crippen molar-refractivity contribution >= 4 is 17.5 Å². The maximum Gasteiger partial charge on any atom is 0.289 e. The van der Waals surface area contributed by atoms with E-state index < -0.39 is 0 Å². The van der Waals surface area contributed by atoms with E-state index in [1.54, 1.807) is 36.4 Å². The lowest BCUT2D eigenvalue weighted by atomic mass is 9.83. The number of rotatable bonds is 4. The molecule has 1 fully saturated rings. The van der Waals surface area contributed by atoms with Gasteiger partial charge in [0, 0.05) is 37.3 Å². The molecular formula is C23H21ClN2O4. The predicted molar refractivity (Wildman–Crippen MR) is 112 cm³/mol. The molecule has 0 N–H and O–H groups in total. The van der Waals surface area contributed by atoms with Crippen molar-refractivity contribution in [3.05, 3.63) is 87.2 Å². The van der Waals surface area contributed by atoms with E-state index in [0.717, 1.165) is 12.1 Å². The Morgan fingerprint density at radius 2 is 1.93 bits per heavy atom. The maximum absolute atomic E-state index is 13.1. The van der Waals surface area contributed by atoms with E-state index in [0.29, 0.717) is 41.9 Å². The highest BCUT2D eigenvalue weighted by atomic mass is 35.5. The Kier molecular flexibility index (Phi) is 4.87. The number of hydrogen-bond acceptors (Lipinski definition) is 4. The standard InChI is InChI=1S/C23H21ClN2O4/c24-18-4-1-2-6-20(18)29-14-17-8-9-21(30-17)23(28)25-11-15-10-16(13-25)19-5-3-7-22(27)26(19)12-15/h1-9,15-16H,10-14H2. The third-order valence-electron chi connectivity index (χ3n) is 5.85. The minimum Gasteiger partial charge on any atom is -0.484 e. The van der Waals surface area contributed by atoms with E-state index in [2.05, 4.69) is 0 Å². The second-order valence-electron chi connectivity index (χ2n) is 7.89. The largest absolute Gasteiger partial charge is 0.484 e. The number of ether oxygens (including phenoxy) is 1. The molecule has 154 valence electrons. The Balaban J connectivity index is 1.28. The molecule has 2 aliphatic rings. The van der Waals surface area contributed by atoms with E-state index in [9.17, 15) is 9.59 Å². The first kappa shape index (κ1) is 19.0. The zero-order valence-corrected chi connectivity index (χ0v) is 17.0. The number of carbonyl (C=O) groups is 1. The number of aromatic nitrogens is 1. The van der Waals surface area contributed by atoms with E-state index >= 15 is 0 Å². The van der Waals surface area contributed by atoms with Gasteiger partial charge in [0.2, 0.25) is 0 Å². The molecule has 2 aromatic heterocycles. The van der Waals surface area contributed by atoms with Crippen LogP contribution in [0, 0.1) is 5.92 Å². The first-order valence-corrected chi connectivity index (χ1v) is 10.4. The van der Waals surface area contributed by atoms with Crippen molar-refractivity contribution in [1.29, 1.82) is 0 Å². The first-order valence-electron chi connectivity index (χ1n) is 10.0. The molecule has 1 saturated heterocycles. The fraction of sp³-hybridized carbons (Fsp3) is 0.304. The van der Waals surface area contributed by atoms with Crippen LogP contribution >= 0.6 is 11.6 Å². The van der Waals surface area contributed by atoms with Gasteiger partial charge in [-0.25, -0.2) is 0 Å². The lowest BCUT2D eigenvalue weighted by Gasteiger charge is -2.42. The van der Waals surface area contributed by atoms with E-state index in [1.165, 1.54) is 0 Å². The molecule has 3 aromatic rings. The molecule has 2 bridgehead atoms. The molecule has 2 unspecified atom stereocenters. The number of hydrogen-bond donors (Lipinski definition) is 0. The van der Waals surface area contributed by atoms with Crippen LogP contribution in [0.1, 0.15) is 34.3 Å². The van der Waals surface area contributed by atoms with Crippen LogP contribution in [0.2, 0.25) is 5.02 Å². The number of carbonyl (C=O) groups excluding carboxylic acids is 1. The molecule has 30 heavy (non-hydrogen) atoms. The number of halogens is 1. The SMILES string of the molecule is O=C(c1ccc(COc2ccccc2Cl)o1)N1CC2CC(C1)c1cccc(=O)n1C2. The van der Waals surface area contributed by atoms with Gasteiger partial charge in [-0.15, -0.1) is 0 Å². The van der Waals surface area contributed by atoms with Gasteiger partial charge in [0.1, 0.15) is 18.1 Å². The number of piperidine rings is 1. The number of amides is 1. The van der Waals surface area contributed by atoms with Gasteiger partial charge in [-0.3, -0.25) is 9.59 Å². The lowest BCUT2D eigenvalue weighted by molar-refractivity contribution is 0.0560. The number of furan rings is 1. The summed E-state index contributed by atoms with van der Waals surface area (Å²) in [5.74, 6) is 1.76. The monoisotopic (exact) mass is 424 g/mol. The summed E-state index contributed by atoms with van der Waals surface area (Å²) in [5.41, 5.74) is 1.06. The minimum absolute atomic E-state index is 0.0381. The molecular weight excluding hydrogens is 404 g/mol. The number of nitrogens with zero attached hydrogens (tertiary/aromatic N) is 2. The Bertz CT molecular complexity index is 1150. The normalized spacial score (nSPS) is 20.0. The second-order valence-corrected chi connectivity index (χ2v) is 8.30. The number of likely N-dealkylation sites (tertiary alicyclic amines) is 1. The summed E-state index contributed by atoms with van der Waals surface area (Å²) in [5, 5.41) is 0.527. The Morgan fingerprint density at radius 3 is 2.80 bits per heavy atom. The molecule has 2 aliphatic heterocycles. The average molecular weight is 425 g/mol. The molecule has 1 amide bonds. The van der Waals surface area contributed by atoms with Gasteiger partial charge in [0.25, 0.3) is 11.5 Å². The average Bonchev–Trinajstić information content (AvgIpc) is 3.22. The molecule has 4 heterocycles. The van der Waals surface area contributed by atoms with Gasteiger partial charge in [-0.1, -0.05) is 29.8 Å². The van der Waals surface area contributed by atoms with Crippen LogP contribution in [0.25, 0.3) is 0 Å². The zero-order valence-electron chi connectivity index (χ0n) is 16.3. The quantitative estimate of drug-likeness (QED) is 0.636. The van der Waals surface area contributed by atoms with Crippen molar-refractivity contribution < 1.29 is 13.9 Å². The van der Waals surface area contributed by atoms with Crippen LogP contribution in [-0.4, -0.2) is 28.5 Å².